The molecule has 8 nitrogen and oxygen atoms in total. The van der Waals surface area contributed by atoms with Crippen molar-refractivity contribution >= 4 is 35.1 Å². The van der Waals surface area contributed by atoms with E-state index in [4.69, 9.17) is 32.1 Å². The van der Waals surface area contributed by atoms with Gasteiger partial charge < -0.3 is 14.3 Å². The van der Waals surface area contributed by atoms with Gasteiger partial charge in [-0.3, -0.25) is 9.69 Å². The van der Waals surface area contributed by atoms with Crippen molar-refractivity contribution in [2.75, 3.05) is 0 Å². The highest BCUT2D eigenvalue weighted by Gasteiger charge is 2.50. The van der Waals surface area contributed by atoms with Gasteiger partial charge in [0, 0.05) is 15.6 Å². The van der Waals surface area contributed by atoms with Crippen LogP contribution < -0.4 is 5.32 Å². The maximum absolute atomic E-state index is 13.0. The van der Waals surface area contributed by atoms with Gasteiger partial charge in [-0.05, 0) is 31.2 Å². The van der Waals surface area contributed by atoms with Gasteiger partial charge in [0.05, 0.1) is 6.26 Å². The fourth-order valence-electron chi connectivity index (χ4n) is 2.88. The molecule has 4 rings (SSSR count). The lowest BCUT2D eigenvalue weighted by Crippen LogP contribution is -2.41. The summed E-state index contributed by atoms with van der Waals surface area (Å²) in [6, 6.07) is 7.48. The molecule has 3 amide bonds. The van der Waals surface area contributed by atoms with Crippen molar-refractivity contribution in [1.82, 2.24) is 20.4 Å². The van der Waals surface area contributed by atoms with Crippen LogP contribution in [0.5, 0.6) is 0 Å². The summed E-state index contributed by atoms with van der Waals surface area (Å²) in [5.74, 6) is 0.247. The van der Waals surface area contributed by atoms with Crippen LogP contribution in [0.15, 0.2) is 45.5 Å². The number of nitrogens with one attached hydrogen (secondary N) is 1. The summed E-state index contributed by atoms with van der Waals surface area (Å²) < 4.78 is 10.3. The molecule has 0 unspecified atom stereocenters. The van der Waals surface area contributed by atoms with Crippen LogP contribution in [-0.2, 0) is 16.9 Å². The molecule has 0 saturated carbocycles. The molecule has 27 heavy (non-hydrogen) atoms. The molecular formula is C17H12Cl2N4O4. The normalized spacial score (nSPS) is 19.6. The van der Waals surface area contributed by atoms with E-state index in [0.717, 1.165) is 4.90 Å². The zero-order chi connectivity index (χ0) is 19.2. The minimum atomic E-state index is -1.33. The van der Waals surface area contributed by atoms with Crippen molar-refractivity contribution in [3.63, 3.8) is 0 Å². The number of rotatable bonds is 4. The van der Waals surface area contributed by atoms with Crippen LogP contribution in [0.25, 0.3) is 11.6 Å². The van der Waals surface area contributed by atoms with Gasteiger partial charge in [0.2, 0.25) is 11.7 Å². The Balaban J connectivity index is 1.60. The first kappa shape index (κ1) is 17.6. The van der Waals surface area contributed by atoms with Gasteiger partial charge in [0.25, 0.3) is 5.91 Å². The molecule has 10 heteroatoms. The monoisotopic (exact) mass is 406 g/mol. The standard InChI is InChI=1S/C17H12Cl2N4O4/c1-17(10-5-4-9(18)7-11(10)19)15(24)23(16(25)21-17)8-13-20-14(22-27-13)12-3-2-6-26-12/h2-7H,8H2,1H3,(H,21,25)/t17-/m0/s1. The first-order chi connectivity index (χ1) is 12.9. The third-order valence-corrected chi connectivity index (χ3v) is 4.80. The third kappa shape index (κ3) is 2.96. The number of amides is 3. The predicted molar refractivity (Wildman–Crippen MR) is 94.9 cm³/mol. The molecule has 138 valence electrons. The molecule has 0 radical (unpaired) electrons. The molecule has 0 spiro atoms. The van der Waals surface area contributed by atoms with Crippen molar-refractivity contribution in [3.8, 4) is 11.6 Å². The van der Waals surface area contributed by atoms with E-state index in [2.05, 4.69) is 15.5 Å². The summed E-state index contributed by atoms with van der Waals surface area (Å²) in [5, 5.41) is 7.15. The van der Waals surface area contributed by atoms with E-state index in [-0.39, 0.29) is 23.3 Å². The van der Waals surface area contributed by atoms with Crippen LogP contribution >= 0.6 is 23.2 Å². The number of nitrogens with zero attached hydrogens (tertiary/aromatic N) is 3. The molecule has 1 saturated heterocycles. The Morgan fingerprint density at radius 2 is 2.07 bits per heavy atom. The Morgan fingerprint density at radius 3 is 2.78 bits per heavy atom. The fraction of sp³-hybridized carbons (Fsp3) is 0.176. The lowest BCUT2D eigenvalue weighted by atomic mass is 9.92. The maximum Gasteiger partial charge on any atom is 0.325 e. The SMILES string of the molecule is C[C@@]1(c2ccc(Cl)cc2Cl)NC(=O)N(Cc2nc(-c3ccco3)no2)C1=O. The second kappa shape index (κ2) is 6.40. The molecule has 1 aliphatic rings. The number of carbonyl (C=O) groups excluding carboxylic acids is 2. The van der Waals surface area contributed by atoms with E-state index >= 15 is 0 Å². The highest BCUT2D eigenvalue weighted by molar-refractivity contribution is 6.35. The summed E-state index contributed by atoms with van der Waals surface area (Å²) in [7, 11) is 0. The van der Waals surface area contributed by atoms with E-state index in [1.807, 2.05) is 0 Å². The second-order valence-corrected chi connectivity index (χ2v) is 6.90. The summed E-state index contributed by atoms with van der Waals surface area (Å²) in [6.07, 6.45) is 1.48. The number of hydrogen-bond acceptors (Lipinski definition) is 6. The van der Waals surface area contributed by atoms with E-state index in [1.165, 1.54) is 12.3 Å². The molecule has 1 aliphatic heterocycles. The van der Waals surface area contributed by atoms with E-state index < -0.39 is 17.5 Å². The van der Waals surface area contributed by atoms with Crippen molar-refractivity contribution in [2.24, 2.45) is 0 Å². The Kier molecular flexibility index (Phi) is 4.16. The van der Waals surface area contributed by atoms with E-state index in [9.17, 15) is 9.59 Å². The van der Waals surface area contributed by atoms with Gasteiger partial charge in [-0.2, -0.15) is 4.98 Å². The molecule has 1 aromatic carbocycles. The quantitative estimate of drug-likeness (QED) is 0.664. The van der Waals surface area contributed by atoms with Crippen LogP contribution in [0.1, 0.15) is 18.4 Å². The Bertz CT molecular complexity index is 1030. The van der Waals surface area contributed by atoms with Crippen molar-refractivity contribution in [2.45, 2.75) is 19.0 Å². The lowest BCUT2D eigenvalue weighted by Gasteiger charge is -2.23. The first-order valence-electron chi connectivity index (χ1n) is 7.84. The van der Waals surface area contributed by atoms with Crippen LogP contribution in [0.2, 0.25) is 10.0 Å². The molecular weight excluding hydrogens is 395 g/mol. The highest BCUT2D eigenvalue weighted by atomic mass is 35.5. The summed E-state index contributed by atoms with van der Waals surface area (Å²) in [4.78, 5) is 30.5. The number of hydrogen-bond donors (Lipinski definition) is 1. The van der Waals surface area contributed by atoms with Crippen molar-refractivity contribution in [3.05, 3.63) is 58.1 Å². The minimum Gasteiger partial charge on any atom is -0.461 e. The van der Waals surface area contributed by atoms with Crippen LogP contribution in [0.4, 0.5) is 4.79 Å². The van der Waals surface area contributed by atoms with Crippen LogP contribution in [0.3, 0.4) is 0 Å². The maximum atomic E-state index is 13.0. The minimum absolute atomic E-state index is 0.0938. The topological polar surface area (TPSA) is 101 Å². The number of benzene rings is 1. The summed E-state index contributed by atoms with van der Waals surface area (Å²) >= 11 is 12.1. The number of imide groups is 1. The number of halogens is 2. The number of urea groups is 1. The largest absolute Gasteiger partial charge is 0.461 e. The predicted octanol–water partition coefficient (Wildman–Crippen LogP) is 3.60. The van der Waals surface area contributed by atoms with Crippen LogP contribution in [-0.4, -0.2) is 27.0 Å². The molecule has 0 aliphatic carbocycles. The zero-order valence-corrected chi connectivity index (χ0v) is 15.4. The van der Waals surface area contributed by atoms with Gasteiger partial charge in [-0.1, -0.05) is 34.4 Å². The lowest BCUT2D eigenvalue weighted by molar-refractivity contribution is -0.131. The van der Waals surface area contributed by atoms with Crippen molar-refractivity contribution < 1.29 is 18.5 Å². The number of aromatic nitrogens is 2. The first-order valence-corrected chi connectivity index (χ1v) is 8.60. The Labute approximate surface area is 163 Å². The van der Waals surface area contributed by atoms with Gasteiger partial charge >= 0.3 is 6.03 Å². The number of furan rings is 1. The summed E-state index contributed by atoms with van der Waals surface area (Å²) in [5.41, 5.74) is -0.890. The van der Waals surface area contributed by atoms with Crippen LogP contribution in [0, 0.1) is 0 Å². The number of carbonyl (C=O) groups is 2. The zero-order valence-electron chi connectivity index (χ0n) is 13.9. The van der Waals surface area contributed by atoms with E-state index in [1.54, 1.807) is 31.2 Å². The van der Waals surface area contributed by atoms with Crippen molar-refractivity contribution in [1.29, 1.82) is 0 Å². The summed E-state index contributed by atoms with van der Waals surface area (Å²) in [6.45, 7) is 1.39. The molecule has 1 N–H and O–H groups in total. The molecule has 1 fully saturated rings. The molecule has 3 heterocycles. The molecule has 0 bridgehead atoms. The highest BCUT2D eigenvalue weighted by Crippen LogP contribution is 2.35. The second-order valence-electron chi connectivity index (χ2n) is 6.06. The van der Waals surface area contributed by atoms with Gasteiger partial charge in [0.15, 0.2) is 5.76 Å². The fourth-order valence-corrected chi connectivity index (χ4v) is 3.48. The Morgan fingerprint density at radius 1 is 1.26 bits per heavy atom. The van der Waals surface area contributed by atoms with E-state index in [0.29, 0.717) is 16.3 Å². The Hall–Kier alpha value is -2.84. The smallest absolute Gasteiger partial charge is 0.325 e. The average Bonchev–Trinajstić information content (AvgIpc) is 3.33. The average molecular weight is 407 g/mol. The molecule has 1 atom stereocenters. The molecule has 2 aromatic heterocycles. The van der Waals surface area contributed by atoms with Gasteiger partial charge in [-0.15, -0.1) is 0 Å². The van der Waals surface area contributed by atoms with Gasteiger partial charge in [0.1, 0.15) is 12.1 Å². The molecule has 3 aromatic rings. The third-order valence-electron chi connectivity index (χ3n) is 4.25. The van der Waals surface area contributed by atoms with Gasteiger partial charge in [-0.25, -0.2) is 4.79 Å².